The van der Waals surface area contributed by atoms with E-state index in [4.69, 9.17) is 5.11 Å². The molecule has 6 nitrogen and oxygen atoms in total. The highest BCUT2D eigenvalue weighted by Gasteiger charge is 2.34. The van der Waals surface area contributed by atoms with E-state index in [1.54, 1.807) is 24.3 Å². The van der Waals surface area contributed by atoms with Crippen molar-refractivity contribution in [1.82, 2.24) is 9.47 Å². The molecule has 0 saturated heterocycles. The van der Waals surface area contributed by atoms with E-state index in [9.17, 15) is 14.4 Å². The van der Waals surface area contributed by atoms with Crippen LogP contribution in [0.3, 0.4) is 0 Å². The van der Waals surface area contributed by atoms with E-state index in [0.29, 0.717) is 21.8 Å². The van der Waals surface area contributed by atoms with Crippen LogP contribution in [0.4, 0.5) is 0 Å². The first-order valence-corrected chi connectivity index (χ1v) is 8.58. The quantitative estimate of drug-likeness (QED) is 0.716. The Morgan fingerprint density at radius 2 is 1.54 bits per heavy atom. The zero-order valence-corrected chi connectivity index (χ0v) is 14.1. The third-order valence-electron chi connectivity index (χ3n) is 4.79. The fourth-order valence-corrected chi connectivity index (χ4v) is 3.43. The lowest BCUT2D eigenvalue weighted by molar-refractivity contribution is -0.145. The minimum absolute atomic E-state index is 0.00505. The average molecular weight is 350 g/mol. The Balaban J connectivity index is 1.84. The maximum atomic E-state index is 12.9. The molecule has 132 valence electrons. The number of rotatable bonds is 5. The molecule has 1 fully saturated rings. The van der Waals surface area contributed by atoms with Crippen LogP contribution in [0, 0.1) is 0 Å². The summed E-state index contributed by atoms with van der Waals surface area (Å²) in [6.07, 6.45) is 1.68. The van der Waals surface area contributed by atoms with Crippen molar-refractivity contribution < 1.29 is 14.7 Å². The number of hydrogen-bond acceptors (Lipinski definition) is 3. The van der Waals surface area contributed by atoms with Crippen LogP contribution in [0.2, 0.25) is 0 Å². The topological polar surface area (TPSA) is 79.6 Å². The number of carbonyl (C=O) groups excluding carboxylic acids is 1. The molecular formula is C20H18N2O4. The second-order valence-corrected chi connectivity index (χ2v) is 6.60. The normalized spacial score (nSPS) is 13.8. The van der Waals surface area contributed by atoms with E-state index >= 15 is 0 Å². The third-order valence-corrected chi connectivity index (χ3v) is 4.79. The number of carboxylic acids is 1. The Kier molecular flexibility index (Phi) is 3.95. The molecule has 0 spiro atoms. The Morgan fingerprint density at radius 3 is 2.04 bits per heavy atom. The summed E-state index contributed by atoms with van der Waals surface area (Å²) in [6.45, 7) is -0.287. The van der Waals surface area contributed by atoms with Crippen molar-refractivity contribution >= 4 is 33.7 Å². The number of nitrogens with zero attached hydrogens (tertiary/aromatic N) is 2. The summed E-state index contributed by atoms with van der Waals surface area (Å²) in [5, 5.41) is 10.2. The summed E-state index contributed by atoms with van der Waals surface area (Å²) in [5.41, 5.74) is 1.29. The van der Waals surface area contributed by atoms with Crippen molar-refractivity contribution in [2.75, 3.05) is 6.54 Å². The van der Waals surface area contributed by atoms with Crippen LogP contribution in [0.1, 0.15) is 12.8 Å². The van der Waals surface area contributed by atoms with Gasteiger partial charge in [0.1, 0.15) is 13.1 Å². The van der Waals surface area contributed by atoms with Gasteiger partial charge in [0.25, 0.3) is 0 Å². The van der Waals surface area contributed by atoms with Gasteiger partial charge in [-0.2, -0.15) is 0 Å². The van der Waals surface area contributed by atoms with Crippen LogP contribution in [-0.2, 0) is 16.1 Å². The molecule has 1 saturated carbocycles. The highest BCUT2D eigenvalue weighted by molar-refractivity contribution is 5.95. The molecule has 4 rings (SSSR count). The van der Waals surface area contributed by atoms with Crippen LogP contribution in [0.5, 0.6) is 0 Å². The number of carbonyl (C=O) groups is 2. The number of amides is 1. The number of aliphatic carboxylic acids is 1. The number of para-hydroxylation sites is 2. The number of hydrogen-bond donors (Lipinski definition) is 1. The van der Waals surface area contributed by atoms with E-state index in [1.165, 1.54) is 4.90 Å². The van der Waals surface area contributed by atoms with Crippen molar-refractivity contribution in [1.29, 1.82) is 0 Å². The lowest BCUT2D eigenvalue weighted by Crippen LogP contribution is -2.39. The minimum atomic E-state index is -1.01. The van der Waals surface area contributed by atoms with Gasteiger partial charge in [-0.3, -0.25) is 14.4 Å². The lowest BCUT2D eigenvalue weighted by atomic mass is 10.1. The molecular weight excluding hydrogens is 332 g/mol. The van der Waals surface area contributed by atoms with Crippen molar-refractivity contribution in [3.63, 3.8) is 0 Å². The van der Waals surface area contributed by atoms with Gasteiger partial charge < -0.3 is 14.6 Å². The van der Waals surface area contributed by atoms with Gasteiger partial charge in [-0.15, -0.1) is 0 Å². The van der Waals surface area contributed by atoms with E-state index in [-0.39, 0.29) is 30.5 Å². The first-order chi connectivity index (χ1) is 12.6. The Labute approximate surface area is 149 Å². The third kappa shape index (κ3) is 2.83. The summed E-state index contributed by atoms with van der Waals surface area (Å²) in [6, 6.07) is 14.4. The van der Waals surface area contributed by atoms with Gasteiger partial charge in [0.15, 0.2) is 5.43 Å². The molecule has 1 aliphatic rings. The van der Waals surface area contributed by atoms with Gasteiger partial charge >= 0.3 is 5.97 Å². The van der Waals surface area contributed by atoms with Crippen LogP contribution < -0.4 is 5.43 Å². The summed E-state index contributed by atoms with van der Waals surface area (Å²) in [5.74, 6) is -1.26. The van der Waals surface area contributed by atoms with Crippen molar-refractivity contribution in [3.8, 4) is 0 Å². The molecule has 0 aliphatic heterocycles. The molecule has 1 aromatic heterocycles. The summed E-state index contributed by atoms with van der Waals surface area (Å²) < 4.78 is 1.81. The number of pyridine rings is 1. The summed E-state index contributed by atoms with van der Waals surface area (Å²) in [4.78, 5) is 38.2. The molecule has 3 aromatic rings. The smallest absolute Gasteiger partial charge is 0.323 e. The molecule has 6 heteroatoms. The molecule has 0 atom stereocenters. The Bertz CT molecular complexity index is 1020. The molecule has 0 radical (unpaired) electrons. The maximum absolute atomic E-state index is 12.9. The summed E-state index contributed by atoms with van der Waals surface area (Å²) in [7, 11) is 0. The van der Waals surface area contributed by atoms with Gasteiger partial charge in [0.05, 0.1) is 11.0 Å². The number of benzene rings is 2. The van der Waals surface area contributed by atoms with Crippen LogP contribution >= 0.6 is 0 Å². The highest BCUT2D eigenvalue weighted by atomic mass is 16.4. The van der Waals surface area contributed by atoms with Crippen LogP contribution in [-0.4, -0.2) is 39.0 Å². The molecule has 1 amide bonds. The number of carboxylic acid groups (broad SMARTS) is 1. The molecule has 0 unspecified atom stereocenters. The molecule has 1 aliphatic carbocycles. The molecule has 1 N–H and O–H groups in total. The van der Waals surface area contributed by atoms with Gasteiger partial charge in [-0.25, -0.2) is 0 Å². The molecule has 26 heavy (non-hydrogen) atoms. The minimum Gasteiger partial charge on any atom is -0.480 e. The lowest BCUT2D eigenvalue weighted by Gasteiger charge is -2.22. The fourth-order valence-electron chi connectivity index (χ4n) is 3.43. The first-order valence-electron chi connectivity index (χ1n) is 8.58. The van der Waals surface area contributed by atoms with E-state index in [1.807, 2.05) is 28.8 Å². The molecule has 2 aromatic carbocycles. The first kappa shape index (κ1) is 16.3. The van der Waals surface area contributed by atoms with Crippen LogP contribution in [0.25, 0.3) is 21.8 Å². The predicted molar refractivity (Wildman–Crippen MR) is 98.1 cm³/mol. The van der Waals surface area contributed by atoms with E-state index in [0.717, 1.165) is 12.8 Å². The van der Waals surface area contributed by atoms with Crippen LogP contribution in [0.15, 0.2) is 53.3 Å². The van der Waals surface area contributed by atoms with Gasteiger partial charge in [0.2, 0.25) is 5.91 Å². The zero-order valence-electron chi connectivity index (χ0n) is 14.1. The van der Waals surface area contributed by atoms with Gasteiger partial charge in [-0.1, -0.05) is 24.3 Å². The van der Waals surface area contributed by atoms with E-state index in [2.05, 4.69) is 0 Å². The van der Waals surface area contributed by atoms with Crippen molar-refractivity contribution in [2.45, 2.75) is 25.4 Å². The second-order valence-electron chi connectivity index (χ2n) is 6.60. The standard InChI is InChI=1S/C20H18N2O4/c23-18(21(12-19(24)25)13-9-10-13)11-22-16-7-3-1-5-14(16)20(26)15-6-2-4-8-17(15)22/h1-8,13H,9-12H2,(H,24,25). The molecule has 1 heterocycles. The second kappa shape index (κ2) is 6.29. The largest absolute Gasteiger partial charge is 0.480 e. The highest BCUT2D eigenvalue weighted by Crippen LogP contribution is 2.27. The predicted octanol–water partition coefficient (Wildman–Crippen LogP) is 2.23. The fraction of sp³-hybridized carbons (Fsp3) is 0.250. The average Bonchev–Trinajstić information content (AvgIpc) is 3.48. The molecule has 0 bridgehead atoms. The number of aromatic nitrogens is 1. The van der Waals surface area contributed by atoms with Gasteiger partial charge in [-0.05, 0) is 37.1 Å². The SMILES string of the molecule is O=C(O)CN(C(=O)Cn1c2ccccc2c(=O)c2ccccc21)C1CC1. The number of fused-ring (bicyclic) bond motifs is 2. The van der Waals surface area contributed by atoms with E-state index < -0.39 is 5.97 Å². The maximum Gasteiger partial charge on any atom is 0.323 e. The Morgan fingerprint density at radius 1 is 1.00 bits per heavy atom. The Hall–Kier alpha value is -3.15. The summed E-state index contributed by atoms with van der Waals surface area (Å²) >= 11 is 0. The van der Waals surface area contributed by atoms with Crippen molar-refractivity contribution in [2.24, 2.45) is 0 Å². The van der Waals surface area contributed by atoms with Crippen molar-refractivity contribution in [3.05, 3.63) is 58.8 Å². The monoisotopic (exact) mass is 350 g/mol. The zero-order chi connectivity index (χ0) is 18.3. The van der Waals surface area contributed by atoms with Gasteiger partial charge in [0, 0.05) is 16.8 Å².